The van der Waals surface area contributed by atoms with Crippen molar-refractivity contribution in [3.63, 3.8) is 0 Å². The number of hydrogen-bond acceptors (Lipinski definition) is 1. The molecule has 2 rings (SSSR count). The largest absolute Gasteiger partial charge is 0.299 e. The Morgan fingerprint density at radius 2 is 1.82 bits per heavy atom. The summed E-state index contributed by atoms with van der Waals surface area (Å²) in [6.07, 6.45) is 1.07. The number of hydrogen-bond donors (Lipinski definition) is 0. The molecule has 0 aliphatic heterocycles. The van der Waals surface area contributed by atoms with Gasteiger partial charge in [-0.1, -0.05) is 0 Å². The fraction of sp³-hybridized carbons (Fsp3) is 0.875. The van der Waals surface area contributed by atoms with E-state index in [0.717, 1.165) is 0 Å². The van der Waals surface area contributed by atoms with Crippen LogP contribution in [0, 0.1) is 5.41 Å². The average Bonchev–Trinajstić information content (AvgIpc) is 2.61. The molecule has 0 unspecified atom stereocenters. The van der Waals surface area contributed by atoms with E-state index in [2.05, 4.69) is 0 Å². The van der Waals surface area contributed by atoms with E-state index in [4.69, 9.17) is 0 Å². The first kappa shape index (κ1) is 7.19. The minimum atomic E-state index is -2.57. The lowest BCUT2D eigenvalue weighted by molar-refractivity contribution is -0.137. The Morgan fingerprint density at radius 3 is 2.27 bits per heavy atom. The molecule has 0 bridgehead atoms. The second-order valence-corrected chi connectivity index (χ2v) is 3.74. The van der Waals surface area contributed by atoms with E-state index in [1.165, 1.54) is 0 Å². The molecule has 1 spiro atoms. The molecule has 0 N–H and O–H groups in total. The molecule has 2 fully saturated rings. The van der Waals surface area contributed by atoms with Gasteiger partial charge in [-0.2, -0.15) is 0 Å². The smallest absolute Gasteiger partial charge is 0.249 e. The van der Waals surface area contributed by atoms with Crippen LogP contribution in [-0.2, 0) is 4.79 Å². The van der Waals surface area contributed by atoms with Crippen molar-refractivity contribution in [1.82, 2.24) is 0 Å². The highest BCUT2D eigenvalue weighted by Gasteiger charge is 2.57. The van der Waals surface area contributed by atoms with E-state index in [1.54, 1.807) is 0 Å². The van der Waals surface area contributed by atoms with Gasteiger partial charge in [0.25, 0.3) is 0 Å². The van der Waals surface area contributed by atoms with Gasteiger partial charge in [0, 0.05) is 24.7 Å². The van der Waals surface area contributed by atoms with Crippen molar-refractivity contribution in [2.24, 2.45) is 5.41 Å². The number of Topliss-reactive ketones (excluding diaryl/α,β-unsaturated/α-hetero) is 1. The first-order valence-corrected chi connectivity index (χ1v) is 3.95. The van der Waals surface area contributed by atoms with Crippen LogP contribution in [0.25, 0.3) is 0 Å². The van der Waals surface area contributed by atoms with Crippen LogP contribution in [0.1, 0.15) is 32.1 Å². The lowest BCUT2D eigenvalue weighted by Gasteiger charge is -2.27. The van der Waals surface area contributed by atoms with Crippen LogP contribution in [0.15, 0.2) is 0 Å². The van der Waals surface area contributed by atoms with E-state index in [0.29, 0.717) is 12.8 Å². The van der Waals surface area contributed by atoms with Gasteiger partial charge in [0.2, 0.25) is 5.92 Å². The monoisotopic (exact) mass is 160 g/mol. The predicted molar refractivity (Wildman–Crippen MR) is 35.5 cm³/mol. The van der Waals surface area contributed by atoms with Crippen molar-refractivity contribution in [2.75, 3.05) is 0 Å². The third-order valence-electron chi connectivity index (χ3n) is 2.76. The first-order chi connectivity index (χ1) is 5.04. The Balaban J connectivity index is 2.16. The summed E-state index contributed by atoms with van der Waals surface area (Å²) in [6.45, 7) is 0. The SMILES string of the molecule is O=C1CCC(F)(F)CC12CC2. The summed E-state index contributed by atoms with van der Waals surface area (Å²) in [6, 6.07) is 0. The predicted octanol–water partition coefficient (Wildman–Crippen LogP) is 2.15. The normalized spacial score (nSPS) is 32.4. The van der Waals surface area contributed by atoms with Crippen LogP contribution in [0.3, 0.4) is 0 Å². The molecule has 0 aromatic carbocycles. The molecule has 0 saturated heterocycles. The van der Waals surface area contributed by atoms with E-state index in [1.807, 2.05) is 0 Å². The van der Waals surface area contributed by atoms with E-state index in [9.17, 15) is 13.6 Å². The lowest BCUT2D eigenvalue weighted by Crippen LogP contribution is -2.33. The van der Waals surface area contributed by atoms with Gasteiger partial charge in [0.1, 0.15) is 5.78 Å². The number of carbonyl (C=O) groups excluding carboxylic acids is 1. The highest BCUT2D eigenvalue weighted by atomic mass is 19.3. The zero-order valence-electron chi connectivity index (χ0n) is 6.20. The molecule has 0 radical (unpaired) electrons. The standard InChI is InChI=1S/C8H10F2O/c9-8(10)2-1-6(11)7(5-8)3-4-7/h1-5H2. The molecule has 1 nitrogen and oxygen atoms in total. The molecule has 0 heterocycles. The maximum Gasteiger partial charge on any atom is 0.249 e. The van der Waals surface area contributed by atoms with Crippen LogP contribution >= 0.6 is 0 Å². The highest BCUT2D eigenvalue weighted by Crippen LogP contribution is 2.57. The van der Waals surface area contributed by atoms with Gasteiger partial charge in [-0.15, -0.1) is 0 Å². The summed E-state index contributed by atoms with van der Waals surface area (Å²) >= 11 is 0. The molecule has 0 aromatic heterocycles. The van der Waals surface area contributed by atoms with Crippen molar-refractivity contribution < 1.29 is 13.6 Å². The van der Waals surface area contributed by atoms with Crippen LogP contribution in [0.2, 0.25) is 0 Å². The highest BCUT2D eigenvalue weighted by molar-refractivity contribution is 5.88. The van der Waals surface area contributed by atoms with Crippen molar-refractivity contribution in [1.29, 1.82) is 0 Å². The van der Waals surface area contributed by atoms with Gasteiger partial charge in [0.15, 0.2) is 0 Å². The number of halogens is 2. The fourth-order valence-electron chi connectivity index (χ4n) is 1.85. The zero-order valence-corrected chi connectivity index (χ0v) is 6.20. The quantitative estimate of drug-likeness (QED) is 0.530. The topological polar surface area (TPSA) is 17.1 Å². The Kier molecular flexibility index (Phi) is 1.19. The summed E-state index contributed by atoms with van der Waals surface area (Å²) < 4.78 is 25.5. The molecule has 0 amide bonds. The molecule has 2 saturated carbocycles. The minimum Gasteiger partial charge on any atom is -0.299 e. The maximum atomic E-state index is 12.8. The van der Waals surface area contributed by atoms with Crippen LogP contribution in [0.5, 0.6) is 0 Å². The molecular weight excluding hydrogens is 150 g/mol. The molecule has 3 heteroatoms. The summed E-state index contributed by atoms with van der Waals surface area (Å²) in [5.74, 6) is -2.49. The van der Waals surface area contributed by atoms with Gasteiger partial charge in [0.05, 0.1) is 0 Å². The molecule has 62 valence electrons. The van der Waals surface area contributed by atoms with Crippen molar-refractivity contribution in [2.45, 2.75) is 38.0 Å². The second kappa shape index (κ2) is 1.82. The van der Waals surface area contributed by atoms with Crippen molar-refractivity contribution in [3.8, 4) is 0 Å². The third-order valence-corrected chi connectivity index (χ3v) is 2.76. The first-order valence-electron chi connectivity index (χ1n) is 3.95. The molecule has 11 heavy (non-hydrogen) atoms. The molecule has 0 aromatic rings. The second-order valence-electron chi connectivity index (χ2n) is 3.74. The third kappa shape index (κ3) is 1.06. The van der Waals surface area contributed by atoms with Gasteiger partial charge in [-0.3, -0.25) is 4.79 Å². The van der Waals surface area contributed by atoms with Crippen molar-refractivity contribution >= 4 is 5.78 Å². The summed E-state index contributed by atoms with van der Waals surface area (Å²) in [7, 11) is 0. The molecular formula is C8H10F2O. The molecule has 0 atom stereocenters. The maximum absolute atomic E-state index is 12.8. The Labute approximate surface area is 63.8 Å². The Morgan fingerprint density at radius 1 is 1.18 bits per heavy atom. The lowest BCUT2D eigenvalue weighted by atomic mass is 9.83. The zero-order chi connectivity index (χ0) is 8.11. The van der Waals surface area contributed by atoms with Gasteiger partial charge >= 0.3 is 0 Å². The average molecular weight is 160 g/mol. The molecule has 2 aliphatic carbocycles. The number of rotatable bonds is 0. The van der Waals surface area contributed by atoms with E-state index >= 15 is 0 Å². The summed E-state index contributed by atoms with van der Waals surface area (Å²) in [4.78, 5) is 11.1. The van der Waals surface area contributed by atoms with Crippen molar-refractivity contribution in [3.05, 3.63) is 0 Å². The molecule has 2 aliphatic rings. The van der Waals surface area contributed by atoms with E-state index in [-0.39, 0.29) is 25.0 Å². The number of carbonyl (C=O) groups is 1. The summed E-state index contributed by atoms with van der Waals surface area (Å²) in [5.41, 5.74) is -0.568. The van der Waals surface area contributed by atoms with E-state index < -0.39 is 11.3 Å². The minimum absolute atomic E-state index is 0.0726. The van der Waals surface area contributed by atoms with Gasteiger partial charge in [-0.05, 0) is 12.8 Å². The Bertz CT molecular complexity index is 206. The van der Waals surface area contributed by atoms with Gasteiger partial charge in [-0.25, -0.2) is 8.78 Å². The van der Waals surface area contributed by atoms with Crippen LogP contribution in [-0.4, -0.2) is 11.7 Å². The number of ketones is 1. The van der Waals surface area contributed by atoms with Gasteiger partial charge < -0.3 is 0 Å². The van der Waals surface area contributed by atoms with Crippen LogP contribution < -0.4 is 0 Å². The fourth-order valence-corrected chi connectivity index (χ4v) is 1.85. The number of alkyl halides is 2. The van der Waals surface area contributed by atoms with Crippen LogP contribution in [0.4, 0.5) is 8.78 Å². The summed E-state index contributed by atoms with van der Waals surface area (Å²) in [5, 5.41) is 0. The Hall–Kier alpha value is -0.470.